The SMILES string of the molecule is O=COCC(OC=O)C(COC(=O)C1CC1)OC(=O)C1CC1. The van der Waals surface area contributed by atoms with E-state index in [2.05, 4.69) is 4.74 Å². The van der Waals surface area contributed by atoms with Crippen LogP contribution in [0.3, 0.4) is 0 Å². The Bertz CT molecular complexity index is 427. The first kappa shape index (κ1) is 16.3. The van der Waals surface area contributed by atoms with Crippen molar-refractivity contribution < 1.29 is 38.1 Å². The van der Waals surface area contributed by atoms with Crippen LogP contribution in [-0.2, 0) is 38.1 Å². The maximum Gasteiger partial charge on any atom is 0.309 e. The van der Waals surface area contributed by atoms with E-state index in [1.54, 1.807) is 0 Å². The molecular formula is C14H18O8. The first-order chi connectivity index (χ1) is 10.7. The van der Waals surface area contributed by atoms with E-state index in [9.17, 15) is 19.2 Å². The van der Waals surface area contributed by atoms with Gasteiger partial charge in [0.2, 0.25) is 0 Å². The van der Waals surface area contributed by atoms with E-state index in [-0.39, 0.29) is 44.0 Å². The van der Waals surface area contributed by atoms with Crippen LogP contribution in [0.2, 0.25) is 0 Å². The molecule has 0 aromatic carbocycles. The van der Waals surface area contributed by atoms with Crippen molar-refractivity contribution in [1.82, 2.24) is 0 Å². The van der Waals surface area contributed by atoms with E-state index in [1.807, 2.05) is 0 Å². The Labute approximate surface area is 127 Å². The quantitative estimate of drug-likeness (QED) is 0.297. The number of carbonyl (C=O) groups excluding carboxylic acids is 4. The number of rotatable bonds is 11. The van der Waals surface area contributed by atoms with Crippen LogP contribution >= 0.6 is 0 Å². The topological polar surface area (TPSA) is 105 Å². The molecule has 2 aliphatic carbocycles. The van der Waals surface area contributed by atoms with Crippen molar-refractivity contribution in [3.8, 4) is 0 Å². The van der Waals surface area contributed by atoms with Crippen LogP contribution in [0.4, 0.5) is 0 Å². The van der Waals surface area contributed by atoms with E-state index < -0.39 is 18.2 Å². The van der Waals surface area contributed by atoms with Gasteiger partial charge in [0.05, 0.1) is 11.8 Å². The Balaban J connectivity index is 1.92. The molecular weight excluding hydrogens is 296 g/mol. The van der Waals surface area contributed by atoms with Crippen molar-refractivity contribution >= 4 is 24.9 Å². The van der Waals surface area contributed by atoms with Crippen LogP contribution in [0.15, 0.2) is 0 Å². The third kappa shape index (κ3) is 5.01. The van der Waals surface area contributed by atoms with Crippen molar-refractivity contribution in [2.24, 2.45) is 11.8 Å². The van der Waals surface area contributed by atoms with Crippen molar-refractivity contribution in [3.63, 3.8) is 0 Å². The fourth-order valence-corrected chi connectivity index (χ4v) is 1.82. The lowest BCUT2D eigenvalue weighted by Gasteiger charge is -2.24. The smallest absolute Gasteiger partial charge is 0.309 e. The Hall–Kier alpha value is -2.12. The molecule has 0 spiro atoms. The molecule has 0 radical (unpaired) electrons. The summed E-state index contributed by atoms with van der Waals surface area (Å²) >= 11 is 0. The van der Waals surface area contributed by atoms with Crippen molar-refractivity contribution in [3.05, 3.63) is 0 Å². The second-order valence-electron chi connectivity index (χ2n) is 5.35. The molecule has 2 saturated carbocycles. The number of hydrogen-bond acceptors (Lipinski definition) is 8. The molecule has 2 rings (SSSR count). The Kier molecular flexibility index (Phi) is 5.74. The highest BCUT2D eigenvalue weighted by atomic mass is 16.6. The predicted molar refractivity (Wildman–Crippen MR) is 69.2 cm³/mol. The van der Waals surface area contributed by atoms with Gasteiger partial charge in [-0.1, -0.05) is 0 Å². The van der Waals surface area contributed by atoms with Gasteiger partial charge >= 0.3 is 11.9 Å². The molecule has 0 aromatic rings. The van der Waals surface area contributed by atoms with Gasteiger partial charge in [0.25, 0.3) is 12.9 Å². The van der Waals surface area contributed by atoms with Crippen LogP contribution < -0.4 is 0 Å². The number of ether oxygens (including phenoxy) is 4. The van der Waals surface area contributed by atoms with Crippen molar-refractivity contribution in [2.45, 2.75) is 37.9 Å². The summed E-state index contributed by atoms with van der Waals surface area (Å²) in [6.07, 6.45) is 1.05. The molecule has 0 N–H and O–H groups in total. The molecule has 8 heteroatoms. The predicted octanol–water partition coefficient (Wildman–Crippen LogP) is -0.0240. The summed E-state index contributed by atoms with van der Waals surface area (Å²) in [5.74, 6) is -1.06. The van der Waals surface area contributed by atoms with Gasteiger partial charge in [0.1, 0.15) is 13.2 Å². The van der Waals surface area contributed by atoms with Gasteiger partial charge in [0.15, 0.2) is 12.2 Å². The van der Waals surface area contributed by atoms with Gasteiger partial charge in [-0.15, -0.1) is 0 Å². The van der Waals surface area contributed by atoms with E-state index >= 15 is 0 Å². The largest absolute Gasteiger partial charge is 0.464 e. The lowest BCUT2D eigenvalue weighted by atomic mass is 10.2. The normalized spacial score (nSPS) is 19.5. The molecule has 8 nitrogen and oxygen atoms in total. The highest BCUT2D eigenvalue weighted by molar-refractivity contribution is 5.76. The third-order valence-corrected chi connectivity index (χ3v) is 3.45. The maximum absolute atomic E-state index is 11.8. The molecule has 2 fully saturated rings. The zero-order valence-corrected chi connectivity index (χ0v) is 12.0. The van der Waals surface area contributed by atoms with Gasteiger partial charge in [-0.25, -0.2) is 0 Å². The van der Waals surface area contributed by atoms with Gasteiger partial charge < -0.3 is 18.9 Å². The van der Waals surface area contributed by atoms with Gasteiger partial charge in [-0.3, -0.25) is 19.2 Å². The minimum atomic E-state index is -1.02. The van der Waals surface area contributed by atoms with E-state index in [1.165, 1.54) is 0 Å². The molecule has 0 aliphatic heterocycles. The monoisotopic (exact) mass is 314 g/mol. The lowest BCUT2D eigenvalue weighted by molar-refractivity contribution is -0.176. The van der Waals surface area contributed by atoms with Crippen molar-refractivity contribution in [1.29, 1.82) is 0 Å². The minimum Gasteiger partial charge on any atom is -0.464 e. The Morgan fingerprint density at radius 3 is 2.09 bits per heavy atom. The fourth-order valence-electron chi connectivity index (χ4n) is 1.82. The average molecular weight is 314 g/mol. The number of hydrogen-bond donors (Lipinski definition) is 0. The molecule has 2 aliphatic rings. The summed E-state index contributed by atoms with van der Waals surface area (Å²) in [5, 5.41) is 0. The summed E-state index contributed by atoms with van der Waals surface area (Å²) in [6, 6.07) is 0. The van der Waals surface area contributed by atoms with E-state index in [0.717, 1.165) is 25.7 Å². The summed E-state index contributed by atoms with van der Waals surface area (Å²) in [7, 11) is 0. The molecule has 0 saturated heterocycles. The summed E-state index contributed by atoms with van der Waals surface area (Å²) in [5.41, 5.74) is 0. The molecule has 0 amide bonds. The Morgan fingerprint density at radius 2 is 1.55 bits per heavy atom. The second-order valence-corrected chi connectivity index (χ2v) is 5.35. The molecule has 0 bridgehead atoms. The van der Waals surface area contributed by atoms with Gasteiger partial charge in [-0.05, 0) is 25.7 Å². The summed E-state index contributed by atoms with van der Waals surface area (Å²) < 4.78 is 19.7. The molecule has 2 unspecified atom stereocenters. The zero-order valence-electron chi connectivity index (χ0n) is 12.0. The highest BCUT2D eigenvalue weighted by Gasteiger charge is 2.38. The molecule has 0 aromatic heterocycles. The summed E-state index contributed by atoms with van der Waals surface area (Å²) in [4.78, 5) is 44.2. The second kappa shape index (κ2) is 7.77. The first-order valence-electron chi connectivity index (χ1n) is 7.17. The first-order valence-corrected chi connectivity index (χ1v) is 7.17. The van der Waals surface area contributed by atoms with Crippen LogP contribution in [0, 0.1) is 11.8 Å². The summed E-state index contributed by atoms with van der Waals surface area (Å²) in [6.45, 7) is -0.170. The fraction of sp³-hybridized carbons (Fsp3) is 0.714. The maximum atomic E-state index is 11.8. The number of esters is 2. The lowest BCUT2D eigenvalue weighted by Crippen LogP contribution is -2.41. The highest BCUT2D eigenvalue weighted by Crippen LogP contribution is 2.32. The van der Waals surface area contributed by atoms with Crippen LogP contribution in [-0.4, -0.2) is 50.3 Å². The molecule has 22 heavy (non-hydrogen) atoms. The zero-order chi connectivity index (χ0) is 15.9. The van der Waals surface area contributed by atoms with Gasteiger partial charge in [-0.2, -0.15) is 0 Å². The Morgan fingerprint density at radius 1 is 0.909 bits per heavy atom. The molecule has 122 valence electrons. The van der Waals surface area contributed by atoms with E-state index in [0.29, 0.717) is 0 Å². The standard InChI is InChI=1S/C14H18O8/c15-7-19-5-11(21-8-16)12(22-14(18)10-3-4-10)6-20-13(17)9-1-2-9/h7-12H,1-6H2. The van der Waals surface area contributed by atoms with Crippen LogP contribution in [0.25, 0.3) is 0 Å². The van der Waals surface area contributed by atoms with Crippen LogP contribution in [0.5, 0.6) is 0 Å². The molecule has 0 heterocycles. The van der Waals surface area contributed by atoms with Crippen LogP contribution in [0.1, 0.15) is 25.7 Å². The number of carbonyl (C=O) groups is 4. The molecule has 2 atom stereocenters. The van der Waals surface area contributed by atoms with E-state index in [4.69, 9.17) is 14.2 Å². The van der Waals surface area contributed by atoms with Crippen molar-refractivity contribution in [2.75, 3.05) is 13.2 Å². The third-order valence-electron chi connectivity index (χ3n) is 3.45. The average Bonchev–Trinajstić information content (AvgIpc) is 3.39. The minimum absolute atomic E-state index is 0.101. The van der Waals surface area contributed by atoms with Gasteiger partial charge in [0, 0.05) is 0 Å².